The largest absolute Gasteiger partial charge is 0.352 e. The van der Waals surface area contributed by atoms with Gasteiger partial charge in [-0.15, -0.1) is 0 Å². The van der Waals surface area contributed by atoms with Crippen LogP contribution in [-0.2, 0) is 4.79 Å². The van der Waals surface area contributed by atoms with E-state index >= 15 is 0 Å². The Hall–Kier alpha value is -0.830. The minimum absolute atomic E-state index is 0.136. The molecule has 1 amide bonds. The predicted octanol–water partition coefficient (Wildman–Crippen LogP) is 2.12. The van der Waals surface area contributed by atoms with E-state index in [0.717, 1.165) is 25.7 Å². The van der Waals surface area contributed by atoms with Gasteiger partial charge in [-0.3, -0.25) is 4.79 Å². The first-order chi connectivity index (χ1) is 7.76. The van der Waals surface area contributed by atoms with Gasteiger partial charge in [-0.05, 0) is 32.1 Å². The lowest BCUT2D eigenvalue weighted by molar-refractivity contribution is -0.121. The van der Waals surface area contributed by atoms with Gasteiger partial charge in [0.05, 0.1) is 0 Å². The molecular formula is C13H24N2O. The van der Waals surface area contributed by atoms with E-state index in [1.165, 1.54) is 18.4 Å². The van der Waals surface area contributed by atoms with Gasteiger partial charge < -0.3 is 11.1 Å². The van der Waals surface area contributed by atoms with Crippen molar-refractivity contribution in [2.75, 3.05) is 6.54 Å². The molecule has 0 aromatic carbocycles. The average Bonchev–Trinajstić information content (AvgIpc) is 2.29. The van der Waals surface area contributed by atoms with E-state index in [1.807, 2.05) is 0 Å². The van der Waals surface area contributed by atoms with Crippen LogP contribution in [0, 0.1) is 0 Å². The second kappa shape index (κ2) is 7.44. The van der Waals surface area contributed by atoms with Crippen molar-refractivity contribution >= 4 is 5.91 Å². The third-order valence-electron chi connectivity index (χ3n) is 3.06. The van der Waals surface area contributed by atoms with E-state index in [4.69, 9.17) is 5.73 Å². The van der Waals surface area contributed by atoms with Gasteiger partial charge in [0.25, 0.3) is 0 Å². The molecular weight excluding hydrogens is 200 g/mol. The zero-order valence-electron chi connectivity index (χ0n) is 10.3. The van der Waals surface area contributed by atoms with Crippen LogP contribution in [0.4, 0.5) is 0 Å². The highest BCUT2D eigenvalue weighted by Crippen LogP contribution is 2.19. The zero-order valence-corrected chi connectivity index (χ0v) is 10.3. The number of amides is 1. The molecule has 1 rings (SSSR count). The van der Waals surface area contributed by atoms with Gasteiger partial charge in [0.1, 0.15) is 0 Å². The maximum absolute atomic E-state index is 11.7. The first kappa shape index (κ1) is 13.2. The summed E-state index contributed by atoms with van der Waals surface area (Å²) in [5, 5.41) is 3.01. The van der Waals surface area contributed by atoms with Gasteiger partial charge in [0, 0.05) is 19.0 Å². The number of nitrogens with one attached hydrogen (secondary N) is 1. The number of carbonyl (C=O) groups is 1. The van der Waals surface area contributed by atoms with Gasteiger partial charge in [-0.25, -0.2) is 0 Å². The number of rotatable bonds is 6. The Bertz CT molecular complexity index is 248. The smallest absolute Gasteiger partial charge is 0.224 e. The summed E-state index contributed by atoms with van der Waals surface area (Å²) in [4.78, 5) is 11.7. The molecule has 0 aliphatic heterocycles. The highest BCUT2D eigenvalue weighted by Gasteiger charge is 2.12. The van der Waals surface area contributed by atoms with Gasteiger partial charge >= 0.3 is 0 Å². The molecule has 1 atom stereocenters. The fourth-order valence-corrected chi connectivity index (χ4v) is 2.15. The van der Waals surface area contributed by atoms with Crippen molar-refractivity contribution in [2.45, 2.75) is 57.9 Å². The van der Waals surface area contributed by atoms with Crippen molar-refractivity contribution in [1.29, 1.82) is 0 Å². The lowest BCUT2D eigenvalue weighted by Crippen LogP contribution is -2.40. The minimum atomic E-state index is 0.136. The van der Waals surface area contributed by atoms with Gasteiger partial charge in [0.2, 0.25) is 5.91 Å². The third-order valence-corrected chi connectivity index (χ3v) is 3.06. The Labute approximate surface area is 98.5 Å². The molecule has 1 aliphatic rings. The number of carbonyl (C=O) groups excluding carboxylic acids is 1. The monoisotopic (exact) mass is 224 g/mol. The maximum Gasteiger partial charge on any atom is 0.224 e. The maximum atomic E-state index is 11.7. The first-order valence-electron chi connectivity index (χ1n) is 6.43. The summed E-state index contributed by atoms with van der Waals surface area (Å²) in [6, 6.07) is 0.154. The van der Waals surface area contributed by atoms with E-state index in [1.54, 1.807) is 0 Å². The summed E-state index contributed by atoms with van der Waals surface area (Å²) in [6.07, 6.45) is 9.56. The Kier molecular flexibility index (Phi) is 6.16. The van der Waals surface area contributed by atoms with E-state index in [-0.39, 0.29) is 11.9 Å². The normalized spacial score (nSPS) is 17.8. The summed E-state index contributed by atoms with van der Waals surface area (Å²) in [7, 11) is 0. The van der Waals surface area contributed by atoms with Crippen LogP contribution in [-0.4, -0.2) is 18.5 Å². The molecule has 0 bridgehead atoms. The van der Waals surface area contributed by atoms with Gasteiger partial charge in [-0.2, -0.15) is 0 Å². The molecule has 0 radical (unpaired) electrons. The number of nitrogens with two attached hydrogens (primary N) is 1. The summed E-state index contributed by atoms with van der Waals surface area (Å²) in [5.74, 6) is 0.136. The van der Waals surface area contributed by atoms with Crippen LogP contribution in [0.3, 0.4) is 0 Å². The molecule has 3 N–H and O–H groups in total. The molecule has 0 fully saturated rings. The van der Waals surface area contributed by atoms with Crippen molar-refractivity contribution in [2.24, 2.45) is 5.73 Å². The van der Waals surface area contributed by atoms with Gasteiger partial charge in [0.15, 0.2) is 0 Å². The minimum Gasteiger partial charge on any atom is -0.352 e. The van der Waals surface area contributed by atoms with Crippen molar-refractivity contribution in [3.8, 4) is 0 Å². The Balaban J connectivity index is 2.31. The molecule has 1 aliphatic carbocycles. The van der Waals surface area contributed by atoms with Crippen LogP contribution < -0.4 is 11.1 Å². The third kappa shape index (κ3) is 4.79. The molecule has 0 aromatic rings. The van der Waals surface area contributed by atoms with Crippen LogP contribution in [0.25, 0.3) is 0 Å². The average molecular weight is 224 g/mol. The van der Waals surface area contributed by atoms with Crippen LogP contribution >= 0.6 is 0 Å². The summed E-state index contributed by atoms with van der Waals surface area (Å²) in [6.45, 7) is 2.65. The standard InChI is InChI=1S/C13H24N2O/c1-2-6-12(10-14)15-13(16)9-11-7-4-3-5-8-11/h7,12H,2-6,8-10,14H2,1H3,(H,15,16). The zero-order chi connectivity index (χ0) is 11.8. The van der Waals surface area contributed by atoms with Crippen LogP contribution in [0.2, 0.25) is 0 Å². The van der Waals surface area contributed by atoms with E-state index in [2.05, 4.69) is 18.3 Å². The second-order valence-electron chi connectivity index (χ2n) is 4.57. The van der Waals surface area contributed by atoms with Crippen LogP contribution in [0.15, 0.2) is 11.6 Å². The van der Waals surface area contributed by atoms with E-state index in [9.17, 15) is 4.79 Å². The molecule has 3 heteroatoms. The van der Waals surface area contributed by atoms with Crippen molar-refractivity contribution in [3.63, 3.8) is 0 Å². The SMILES string of the molecule is CCCC(CN)NC(=O)CC1=CCCCC1. The fourth-order valence-electron chi connectivity index (χ4n) is 2.15. The topological polar surface area (TPSA) is 55.1 Å². The molecule has 0 saturated carbocycles. The summed E-state index contributed by atoms with van der Waals surface area (Å²) < 4.78 is 0. The summed E-state index contributed by atoms with van der Waals surface area (Å²) in [5.41, 5.74) is 6.91. The Morgan fingerprint density at radius 3 is 2.94 bits per heavy atom. The highest BCUT2D eigenvalue weighted by atomic mass is 16.1. The second-order valence-corrected chi connectivity index (χ2v) is 4.57. The molecule has 0 aromatic heterocycles. The predicted molar refractivity (Wildman–Crippen MR) is 67.1 cm³/mol. The highest BCUT2D eigenvalue weighted by molar-refractivity contribution is 5.78. The van der Waals surface area contributed by atoms with E-state index < -0.39 is 0 Å². The van der Waals surface area contributed by atoms with Gasteiger partial charge in [-0.1, -0.05) is 25.0 Å². The van der Waals surface area contributed by atoms with Crippen molar-refractivity contribution in [3.05, 3.63) is 11.6 Å². The molecule has 1 unspecified atom stereocenters. The molecule has 16 heavy (non-hydrogen) atoms. The quantitative estimate of drug-likeness (QED) is 0.679. The van der Waals surface area contributed by atoms with Crippen LogP contribution in [0.1, 0.15) is 51.9 Å². The molecule has 3 nitrogen and oxygen atoms in total. The van der Waals surface area contributed by atoms with Crippen molar-refractivity contribution in [1.82, 2.24) is 5.32 Å². The summed E-state index contributed by atoms with van der Waals surface area (Å²) >= 11 is 0. The van der Waals surface area contributed by atoms with Crippen molar-refractivity contribution < 1.29 is 4.79 Å². The first-order valence-corrected chi connectivity index (χ1v) is 6.43. The molecule has 0 saturated heterocycles. The Morgan fingerprint density at radius 2 is 2.38 bits per heavy atom. The number of hydrogen-bond donors (Lipinski definition) is 2. The fraction of sp³-hybridized carbons (Fsp3) is 0.769. The lowest BCUT2D eigenvalue weighted by Gasteiger charge is -2.17. The Morgan fingerprint density at radius 1 is 1.56 bits per heavy atom. The number of allylic oxidation sites excluding steroid dienone is 1. The van der Waals surface area contributed by atoms with E-state index in [0.29, 0.717) is 13.0 Å². The molecule has 0 heterocycles. The lowest BCUT2D eigenvalue weighted by atomic mass is 9.97. The van der Waals surface area contributed by atoms with Crippen LogP contribution in [0.5, 0.6) is 0 Å². The number of hydrogen-bond acceptors (Lipinski definition) is 2. The molecule has 0 spiro atoms. The molecule has 92 valence electrons.